The standard InChI is InChI=1S/C15H18N2O6/c1-16-14(20)12-8-17(5-6-22-12)15(21)10-3-2-4-11(7-10)23-9-13(18)19/h2-4,7,12H,5-6,8-9H2,1H3,(H,16,20)(H,18,19). The van der Waals surface area contributed by atoms with Gasteiger partial charge in [0.05, 0.1) is 13.2 Å². The first-order chi connectivity index (χ1) is 11.0. The molecule has 1 fully saturated rings. The summed E-state index contributed by atoms with van der Waals surface area (Å²) in [6.45, 7) is 0.345. The van der Waals surface area contributed by atoms with Gasteiger partial charge in [-0.15, -0.1) is 0 Å². The van der Waals surface area contributed by atoms with E-state index in [9.17, 15) is 14.4 Å². The smallest absolute Gasteiger partial charge is 0.341 e. The van der Waals surface area contributed by atoms with E-state index in [0.29, 0.717) is 17.9 Å². The van der Waals surface area contributed by atoms with Crippen molar-refractivity contribution in [2.75, 3.05) is 33.4 Å². The van der Waals surface area contributed by atoms with E-state index in [2.05, 4.69) is 5.32 Å². The lowest BCUT2D eigenvalue weighted by molar-refractivity contribution is -0.139. The first-order valence-corrected chi connectivity index (χ1v) is 7.08. The molecule has 124 valence electrons. The van der Waals surface area contributed by atoms with Crippen molar-refractivity contribution in [2.45, 2.75) is 6.10 Å². The zero-order valence-electron chi connectivity index (χ0n) is 12.7. The van der Waals surface area contributed by atoms with Crippen molar-refractivity contribution in [1.82, 2.24) is 10.2 Å². The number of likely N-dealkylation sites (N-methyl/N-ethyl adjacent to an activating group) is 1. The first-order valence-electron chi connectivity index (χ1n) is 7.08. The number of nitrogens with one attached hydrogen (secondary N) is 1. The van der Waals surface area contributed by atoms with Gasteiger partial charge in [-0.05, 0) is 18.2 Å². The second kappa shape index (κ2) is 7.59. The molecule has 0 aliphatic carbocycles. The number of rotatable bonds is 5. The quantitative estimate of drug-likeness (QED) is 0.773. The lowest BCUT2D eigenvalue weighted by Crippen LogP contribution is -2.51. The molecule has 0 bridgehead atoms. The second-order valence-corrected chi connectivity index (χ2v) is 4.94. The highest BCUT2D eigenvalue weighted by atomic mass is 16.5. The van der Waals surface area contributed by atoms with Gasteiger partial charge in [0.2, 0.25) is 0 Å². The molecule has 0 spiro atoms. The summed E-state index contributed by atoms with van der Waals surface area (Å²) < 4.78 is 10.4. The van der Waals surface area contributed by atoms with Crippen LogP contribution >= 0.6 is 0 Å². The molecule has 1 unspecified atom stereocenters. The minimum atomic E-state index is -1.09. The largest absolute Gasteiger partial charge is 0.482 e. The number of hydrogen-bond acceptors (Lipinski definition) is 5. The number of carboxylic acids is 1. The average Bonchev–Trinajstić information content (AvgIpc) is 2.59. The molecule has 0 aromatic heterocycles. The zero-order chi connectivity index (χ0) is 16.8. The second-order valence-electron chi connectivity index (χ2n) is 4.94. The maximum absolute atomic E-state index is 12.5. The van der Waals surface area contributed by atoms with Gasteiger partial charge in [0.25, 0.3) is 11.8 Å². The van der Waals surface area contributed by atoms with E-state index in [1.165, 1.54) is 18.0 Å². The Hall–Kier alpha value is -2.61. The number of hydrogen-bond donors (Lipinski definition) is 2. The zero-order valence-corrected chi connectivity index (χ0v) is 12.7. The molecule has 2 rings (SSSR count). The SMILES string of the molecule is CNC(=O)C1CN(C(=O)c2cccc(OCC(=O)O)c2)CCO1. The number of morpholine rings is 1. The van der Waals surface area contributed by atoms with Crippen molar-refractivity contribution in [3.63, 3.8) is 0 Å². The summed E-state index contributed by atoms with van der Waals surface area (Å²) in [5, 5.41) is 11.1. The summed E-state index contributed by atoms with van der Waals surface area (Å²) >= 11 is 0. The molecular weight excluding hydrogens is 304 g/mol. The Bertz CT molecular complexity index is 603. The number of aliphatic carboxylic acids is 1. The van der Waals surface area contributed by atoms with Gasteiger partial charge in [0, 0.05) is 19.2 Å². The Labute approximate surface area is 133 Å². The van der Waals surface area contributed by atoms with Gasteiger partial charge < -0.3 is 24.8 Å². The third-order valence-corrected chi connectivity index (χ3v) is 3.34. The van der Waals surface area contributed by atoms with Gasteiger partial charge in [0.1, 0.15) is 5.75 Å². The van der Waals surface area contributed by atoms with Gasteiger partial charge >= 0.3 is 5.97 Å². The van der Waals surface area contributed by atoms with Crippen LogP contribution in [0.25, 0.3) is 0 Å². The molecular formula is C15H18N2O6. The maximum Gasteiger partial charge on any atom is 0.341 e. The monoisotopic (exact) mass is 322 g/mol. The van der Waals surface area contributed by atoms with E-state index in [1.807, 2.05) is 0 Å². The van der Waals surface area contributed by atoms with Crippen LogP contribution in [0.5, 0.6) is 5.75 Å². The number of nitrogens with zero attached hydrogens (tertiary/aromatic N) is 1. The summed E-state index contributed by atoms with van der Waals surface area (Å²) in [5.74, 6) is -1.33. The molecule has 1 atom stereocenters. The maximum atomic E-state index is 12.5. The number of benzene rings is 1. The van der Waals surface area contributed by atoms with Crippen molar-refractivity contribution in [2.24, 2.45) is 0 Å². The fourth-order valence-corrected chi connectivity index (χ4v) is 2.20. The molecule has 0 radical (unpaired) electrons. The topological polar surface area (TPSA) is 105 Å². The van der Waals surface area contributed by atoms with E-state index in [-0.39, 0.29) is 25.0 Å². The van der Waals surface area contributed by atoms with Crippen LogP contribution < -0.4 is 10.1 Å². The number of amides is 2. The predicted octanol–water partition coefficient (Wildman–Crippen LogP) is -0.263. The third kappa shape index (κ3) is 4.43. The van der Waals surface area contributed by atoms with Crippen LogP contribution in [0.1, 0.15) is 10.4 Å². The minimum absolute atomic E-state index is 0.165. The van der Waals surface area contributed by atoms with Gasteiger partial charge in [-0.1, -0.05) is 6.07 Å². The van der Waals surface area contributed by atoms with E-state index in [1.54, 1.807) is 18.2 Å². The average molecular weight is 322 g/mol. The Balaban J connectivity index is 2.06. The predicted molar refractivity (Wildman–Crippen MR) is 79.3 cm³/mol. The van der Waals surface area contributed by atoms with Crippen LogP contribution in [0.2, 0.25) is 0 Å². The normalized spacial score (nSPS) is 17.4. The summed E-state index contributed by atoms with van der Waals surface area (Å²) in [5.41, 5.74) is 0.366. The van der Waals surface area contributed by atoms with Crippen LogP contribution in [-0.2, 0) is 14.3 Å². The summed E-state index contributed by atoms with van der Waals surface area (Å²) in [6, 6.07) is 6.28. The van der Waals surface area contributed by atoms with Gasteiger partial charge in [-0.25, -0.2) is 4.79 Å². The van der Waals surface area contributed by atoms with Crippen LogP contribution in [0.3, 0.4) is 0 Å². The Morgan fingerprint density at radius 3 is 2.91 bits per heavy atom. The summed E-state index contributed by atoms with van der Waals surface area (Å²) in [6.07, 6.45) is -0.691. The molecule has 1 saturated heterocycles. The molecule has 1 aromatic rings. The van der Waals surface area contributed by atoms with Crippen molar-refractivity contribution in [1.29, 1.82) is 0 Å². The molecule has 2 N–H and O–H groups in total. The van der Waals surface area contributed by atoms with Gasteiger partial charge in [-0.3, -0.25) is 9.59 Å². The van der Waals surface area contributed by atoms with E-state index in [4.69, 9.17) is 14.6 Å². The van der Waals surface area contributed by atoms with Crippen LogP contribution in [-0.4, -0.2) is 67.2 Å². The van der Waals surface area contributed by atoms with Gasteiger partial charge in [-0.2, -0.15) is 0 Å². The molecule has 2 amide bonds. The number of carbonyl (C=O) groups is 3. The lowest BCUT2D eigenvalue weighted by atomic mass is 10.1. The molecule has 1 aromatic carbocycles. The summed E-state index contributed by atoms with van der Waals surface area (Å²) in [4.78, 5) is 36.2. The Morgan fingerprint density at radius 2 is 2.22 bits per heavy atom. The van der Waals surface area contributed by atoms with E-state index >= 15 is 0 Å². The first kappa shape index (κ1) is 16.8. The van der Waals surface area contributed by atoms with Crippen molar-refractivity contribution >= 4 is 17.8 Å². The Morgan fingerprint density at radius 1 is 1.43 bits per heavy atom. The van der Waals surface area contributed by atoms with Crippen molar-refractivity contribution in [3.05, 3.63) is 29.8 Å². The van der Waals surface area contributed by atoms with Crippen molar-refractivity contribution < 1.29 is 29.0 Å². The van der Waals surface area contributed by atoms with Crippen LogP contribution in [0, 0.1) is 0 Å². The highest BCUT2D eigenvalue weighted by Gasteiger charge is 2.29. The molecule has 1 aliphatic heterocycles. The molecule has 1 aliphatic rings. The van der Waals surface area contributed by atoms with E-state index in [0.717, 1.165) is 0 Å². The van der Waals surface area contributed by atoms with Gasteiger partial charge in [0.15, 0.2) is 12.7 Å². The summed E-state index contributed by atoms with van der Waals surface area (Å²) in [7, 11) is 1.51. The number of ether oxygens (including phenoxy) is 2. The highest BCUT2D eigenvalue weighted by molar-refractivity contribution is 5.95. The molecule has 1 heterocycles. The van der Waals surface area contributed by atoms with Crippen LogP contribution in [0.4, 0.5) is 0 Å². The number of carbonyl (C=O) groups excluding carboxylic acids is 2. The fraction of sp³-hybridized carbons (Fsp3) is 0.400. The fourth-order valence-electron chi connectivity index (χ4n) is 2.20. The molecule has 8 heteroatoms. The highest BCUT2D eigenvalue weighted by Crippen LogP contribution is 2.17. The Kier molecular flexibility index (Phi) is 5.53. The number of carboxylic acid groups (broad SMARTS) is 1. The van der Waals surface area contributed by atoms with Crippen molar-refractivity contribution in [3.8, 4) is 5.75 Å². The lowest BCUT2D eigenvalue weighted by Gasteiger charge is -2.32. The molecule has 0 saturated carbocycles. The molecule has 8 nitrogen and oxygen atoms in total. The van der Waals surface area contributed by atoms with Crippen LogP contribution in [0.15, 0.2) is 24.3 Å². The van der Waals surface area contributed by atoms with E-state index < -0.39 is 18.7 Å². The third-order valence-electron chi connectivity index (χ3n) is 3.34. The minimum Gasteiger partial charge on any atom is -0.482 e. The molecule has 23 heavy (non-hydrogen) atoms.